The summed E-state index contributed by atoms with van der Waals surface area (Å²) in [7, 11) is 0. The first-order chi connectivity index (χ1) is 18.1. The van der Waals surface area contributed by atoms with Crippen molar-refractivity contribution in [2.24, 2.45) is 11.8 Å². The van der Waals surface area contributed by atoms with Crippen LogP contribution in [0.1, 0.15) is 45.1 Å². The molecule has 2 unspecified atom stereocenters. The summed E-state index contributed by atoms with van der Waals surface area (Å²) >= 11 is 8.17. The van der Waals surface area contributed by atoms with E-state index in [1.165, 1.54) is 4.90 Å². The van der Waals surface area contributed by atoms with Gasteiger partial charge in [-0.2, -0.15) is 0 Å². The van der Waals surface area contributed by atoms with Gasteiger partial charge in [-0.25, -0.2) is 0 Å². The normalized spacial score (nSPS) is 30.2. The number of para-hydroxylation sites is 1. The number of benzene rings is 1. The largest absolute Gasteiger partial charge is 0.465 e. The topological polar surface area (TPSA) is 87.1 Å². The molecule has 3 heterocycles. The van der Waals surface area contributed by atoms with Gasteiger partial charge in [0, 0.05) is 11.3 Å². The maximum absolute atomic E-state index is 14.6. The van der Waals surface area contributed by atoms with Crippen LogP contribution in [-0.4, -0.2) is 69.1 Å². The Morgan fingerprint density at radius 2 is 2.08 bits per heavy atom. The number of halogens is 1. The molecule has 1 spiro atoms. The average molecular weight is 561 g/mol. The van der Waals surface area contributed by atoms with Gasteiger partial charge in [0.1, 0.15) is 6.04 Å². The lowest BCUT2D eigenvalue weighted by Gasteiger charge is -2.39. The maximum Gasteiger partial charge on any atom is 0.311 e. The number of nitrogens with zero attached hydrogens (tertiary/aromatic N) is 2. The van der Waals surface area contributed by atoms with E-state index in [4.69, 9.17) is 16.3 Å². The third-order valence-corrected chi connectivity index (χ3v) is 10.6. The average Bonchev–Trinajstić information content (AvgIpc) is 3.45. The lowest BCUT2D eigenvalue weighted by molar-refractivity contribution is -0.156. The standard InChI is InChI=1S/C29H37ClN2O5S/c1-6-8-9-16-37-27(36)22-21-25(34)32(19(4)17-33)24(29(21)14-13-28(22,5)38-29)26(35)31(15-7-2)23-18(3)11-10-12-20(23)30/h6-7,10-12,19,21-22,24,33H,1-2,8-9,13-17H2,3-5H3/t19-,21+,22+,24?,28-,29?/m1/s1. The van der Waals surface area contributed by atoms with E-state index in [9.17, 15) is 19.5 Å². The number of carbonyl (C=O) groups is 3. The van der Waals surface area contributed by atoms with Gasteiger partial charge in [0.2, 0.25) is 5.91 Å². The zero-order valence-corrected chi connectivity index (χ0v) is 23.9. The van der Waals surface area contributed by atoms with Gasteiger partial charge in [0.15, 0.2) is 0 Å². The molecule has 4 rings (SSSR count). The molecule has 38 heavy (non-hydrogen) atoms. The number of carbonyl (C=O) groups excluding carboxylic acids is 3. The smallest absolute Gasteiger partial charge is 0.311 e. The Hall–Kier alpha value is -2.29. The van der Waals surface area contributed by atoms with E-state index >= 15 is 0 Å². The Labute approximate surface area is 234 Å². The molecule has 0 aromatic heterocycles. The van der Waals surface area contributed by atoms with Crippen LogP contribution < -0.4 is 4.90 Å². The molecule has 2 bridgehead atoms. The van der Waals surface area contributed by atoms with Crippen LogP contribution in [-0.2, 0) is 19.1 Å². The van der Waals surface area contributed by atoms with Crippen molar-refractivity contribution in [2.75, 3.05) is 24.7 Å². The van der Waals surface area contributed by atoms with E-state index < -0.39 is 39.4 Å². The highest BCUT2D eigenvalue weighted by Crippen LogP contribution is 2.71. The van der Waals surface area contributed by atoms with Crippen LogP contribution in [0.3, 0.4) is 0 Å². The molecule has 1 aromatic rings. The molecular weight excluding hydrogens is 524 g/mol. The fourth-order valence-electron chi connectivity index (χ4n) is 6.59. The minimum atomic E-state index is -0.872. The van der Waals surface area contributed by atoms with Crippen LogP contribution in [0.2, 0.25) is 5.02 Å². The van der Waals surface area contributed by atoms with Crippen LogP contribution in [0, 0.1) is 18.8 Å². The van der Waals surface area contributed by atoms with Crippen LogP contribution in [0.25, 0.3) is 0 Å². The number of aryl methyl sites for hydroxylation is 1. The van der Waals surface area contributed by atoms with Crippen molar-refractivity contribution in [2.45, 2.75) is 68.0 Å². The number of amides is 2. The summed E-state index contributed by atoms with van der Waals surface area (Å²) in [6.45, 7) is 13.3. The summed E-state index contributed by atoms with van der Waals surface area (Å²) < 4.78 is 4.32. The van der Waals surface area contributed by atoms with E-state index in [0.29, 0.717) is 30.0 Å². The monoisotopic (exact) mass is 560 g/mol. The van der Waals surface area contributed by atoms with Crippen LogP contribution in [0.5, 0.6) is 0 Å². The summed E-state index contributed by atoms with van der Waals surface area (Å²) in [4.78, 5) is 45.3. The van der Waals surface area contributed by atoms with Gasteiger partial charge in [0.05, 0.1) is 46.5 Å². The fourth-order valence-corrected chi connectivity index (χ4v) is 9.24. The number of likely N-dealkylation sites (tertiary alicyclic amines) is 1. The van der Waals surface area contributed by atoms with Crippen molar-refractivity contribution in [3.63, 3.8) is 0 Å². The highest BCUT2D eigenvalue weighted by Gasteiger charge is 2.78. The SMILES string of the molecule is C=CCCCOC(=O)[C@@H]1[C@H]2C(=O)N([C@H](C)CO)C(C(=O)N(CC=C)c3c(C)cccc3Cl)C23CC[C@@]1(C)S3. The summed E-state index contributed by atoms with van der Waals surface area (Å²) in [5.74, 6) is -2.33. The van der Waals surface area contributed by atoms with Crippen LogP contribution >= 0.6 is 23.4 Å². The molecule has 1 N–H and O–H groups in total. The number of ether oxygens (including phenoxy) is 1. The Kier molecular flexibility index (Phi) is 8.36. The molecule has 3 fully saturated rings. The summed E-state index contributed by atoms with van der Waals surface area (Å²) in [6.07, 6.45) is 6.10. The fraction of sp³-hybridized carbons (Fsp3) is 0.552. The number of esters is 1. The minimum absolute atomic E-state index is 0.201. The molecule has 2 amide bonds. The number of hydrogen-bond donors (Lipinski definition) is 1. The van der Waals surface area contributed by atoms with E-state index in [-0.39, 0.29) is 31.6 Å². The molecule has 0 saturated carbocycles. The Balaban J connectivity index is 1.78. The van der Waals surface area contributed by atoms with Crippen molar-refractivity contribution in [3.05, 3.63) is 54.1 Å². The number of fused-ring (bicyclic) bond motifs is 1. The zero-order valence-electron chi connectivity index (χ0n) is 22.3. The van der Waals surface area contributed by atoms with Crippen molar-refractivity contribution in [1.29, 1.82) is 0 Å². The predicted molar refractivity (Wildman–Crippen MR) is 151 cm³/mol. The van der Waals surface area contributed by atoms with E-state index in [0.717, 1.165) is 12.0 Å². The number of rotatable bonds is 11. The van der Waals surface area contributed by atoms with Gasteiger partial charge in [-0.05, 0) is 58.1 Å². The molecule has 6 atom stereocenters. The van der Waals surface area contributed by atoms with Gasteiger partial charge in [-0.3, -0.25) is 14.4 Å². The van der Waals surface area contributed by atoms with Crippen LogP contribution in [0.15, 0.2) is 43.5 Å². The Morgan fingerprint density at radius 1 is 1.34 bits per heavy atom. The van der Waals surface area contributed by atoms with Gasteiger partial charge in [0.25, 0.3) is 5.91 Å². The number of anilines is 1. The number of thioether (sulfide) groups is 1. The second kappa shape index (κ2) is 11.1. The molecule has 0 aliphatic carbocycles. The second-order valence-corrected chi connectivity index (χ2v) is 13.0. The third kappa shape index (κ3) is 4.48. The van der Waals surface area contributed by atoms with Gasteiger partial charge < -0.3 is 19.6 Å². The van der Waals surface area contributed by atoms with Crippen LogP contribution in [0.4, 0.5) is 5.69 Å². The lowest BCUT2D eigenvalue weighted by Crippen LogP contribution is -2.57. The highest BCUT2D eigenvalue weighted by atomic mass is 35.5. The molecule has 7 nitrogen and oxygen atoms in total. The minimum Gasteiger partial charge on any atom is -0.465 e. The molecule has 206 valence electrons. The number of aliphatic hydroxyl groups excluding tert-OH is 1. The number of aliphatic hydroxyl groups is 1. The first-order valence-corrected chi connectivity index (χ1v) is 14.4. The highest BCUT2D eigenvalue weighted by molar-refractivity contribution is 8.02. The van der Waals surface area contributed by atoms with Crippen molar-refractivity contribution in [3.8, 4) is 0 Å². The zero-order chi connectivity index (χ0) is 27.8. The number of hydrogen-bond acceptors (Lipinski definition) is 6. The van der Waals surface area contributed by atoms with E-state index in [1.54, 1.807) is 41.8 Å². The maximum atomic E-state index is 14.6. The molecule has 1 aromatic carbocycles. The van der Waals surface area contributed by atoms with Gasteiger partial charge in [-0.15, -0.1) is 24.9 Å². The second-order valence-electron chi connectivity index (χ2n) is 10.7. The molecule has 3 aliphatic rings. The summed E-state index contributed by atoms with van der Waals surface area (Å²) in [6, 6.07) is 3.97. The quantitative estimate of drug-likeness (QED) is 0.243. The van der Waals surface area contributed by atoms with E-state index in [2.05, 4.69) is 13.2 Å². The molecule has 0 radical (unpaired) electrons. The first kappa shape index (κ1) is 28.7. The molecular formula is C29H37ClN2O5S. The summed E-state index contributed by atoms with van der Waals surface area (Å²) in [5.41, 5.74) is 1.40. The molecule has 3 aliphatic heterocycles. The lowest BCUT2D eigenvalue weighted by atomic mass is 9.66. The van der Waals surface area contributed by atoms with Gasteiger partial charge in [-0.1, -0.05) is 35.9 Å². The Morgan fingerprint density at radius 3 is 2.71 bits per heavy atom. The number of allylic oxidation sites excluding steroid dienone is 1. The predicted octanol–water partition coefficient (Wildman–Crippen LogP) is 4.54. The first-order valence-electron chi connectivity index (χ1n) is 13.2. The van der Waals surface area contributed by atoms with Crippen molar-refractivity contribution < 1.29 is 24.2 Å². The van der Waals surface area contributed by atoms with E-state index in [1.807, 2.05) is 26.0 Å². The van der Waals surface area contributed by atoms with Gasteiger partial charge >= 0.3 is 5.97 Å². The number of unbranched alkanes of at least 4 members (excludes halogenated alkanes) is 1. The molecule has 3 saturated heterocycles. The Bertz CT molecular complexity index is 1120. The van der Waals surface area contributed by atoms with Crippen molar-refractivity contribution in [1.82, 2.24) is 4.90 Å². The van der Waals surface area contributed by atoms with Crippen molar-refractivity contribution >= 4 is 46.8 Å². The third-order valence-electron chi connectivity index (χ3n) is 8.27. The summed E-state index contributed by atoms with van der Waals surface area (Å²) in [5, 5.41) is 10.5. The molecule has 9 heteroatoms.